The van der Waals surface area contributed by atoms with Crippen molar-refractivity contribution >= 4 is 17.4 Å². The van der Waals surface area contributed by atoms with Crippen LogP contribution in [0.3, 0.4) is 0 Å². The van der Waals surface area contributed by atoms with Crippen molar-refractivity contribution in [2.45, 2.75) is 38.3 Å². The molecule has 2 N–H and O–H groups in total. The first kappa shape index (κ1) is 23.5. The lowest BCUT2D eigenvalue weighted by Gasteiger charge is -2.45. The van der Waals surface area contributed by atoms with E-state index in [1.807, 2.05) is 19.1 Å². The molecule has 2 aromatic carbocycles. The molecule has 8 heteroatoms. The number of methoxy groups -OCH3 is 2. The van der Waals surface area contributed by atoms with Crippen LogP contribution in [0.4, 0.5) is 10.5 Å². The number of fused-ring (bicyclic) bond motifs is 4. The molecule has 186 valence electrons. The first-order chi connectivity index (χ1) is 17.0. The fourth-order valence-corrected chi connectivity index (χ4v) is 5.62. The van der Waals surface area contributed by atoms with E-state index in [-0.39, 0.29) is 12.1 Å². The molecule has 6 rings (SSSR count). The summed E-state index contributed by atoms with van der Waals surface area (Å²) in [5, 5.41) is 12.9. The van der Waals surface area contributed by atoms with Crippen LogP contribution in [0, 0.1) is 5.92 Å². The molecule has 0 saturated carbocycles. The molecule has 0 aliphatic carbocycles. The number of benzene rings is 2. The summed E-state index contributed by atoms with van der Waals surface area (Å²) >= 11 is 0. The highest BCUT2D eigenvalue weighted by atomic mass is 16.5. The van der Waals surface area contributed by atoms with Gasteiger partial charge in [0.2, 0.25) is 0 Å². The molecule has 3 fully saturated rings. The van der Waals surface area contributed by atoms with Crippen molar-refractivity contribution in [2.24, 2.45) is 11.0 Å². The molecule has 8 nitrogen and oxygen atoms in total. The SMILES string of the molecule is CNC(=O)N1N=C(c2ccc(NC3CN4CCC3CC4)cc2)c2cc(OC)c(OC)cc2C[C@@H]1C. The fraction of sp³-hybridized carbons (Fsp3) is 0.481. The van der Waals surface area contributed by atoms with Gasteiger partial charge in [-0.1, -0.05) is 12.1 Å². The third-order valence-electron chi connectivity index (χ3n) is 7.59. The number of urea groups is 1. The number of rotatable bonds is 5. The zero-order valence-electron chi connectivity index (χ0n) is 21.0. The number of carbonyl (C=O) groups excluding carboxylic acids is 1. The average Bonchev–Trinajstić information content (AvgIpc) is 3.04. The van der Waals surface area contributed by atoms with Crippen LogP contribution in [0.2, 0.25) is 0 Å². The summed E-state index contributed by atoms with van der Waals surface area (Å²) in [6.45, 7) is 5.58. The number of anilines is 1. The molecule has 2 aromatic rings. The highest BCUT2D eigenvalue weighted by Crippen LogP contribution is 2.35. The van der Waals surface area contributed by atoms with E-state index < -0.39 is 0 Å². The molecule has 1 unspecified atom stereocenters. The summed E-state index contributed by atoms with van der Waals surface area (Å²) in [5.74, 6) is 2.06. The van der Waals surface area contributed by atoms with Crippen LogP contribution in [0.25, 0.3) is 0 Å². The average molecular weight is 478 g/mol. The molecule has 2 bridgehead atoms. The van der Waals surface area contributed by atoms with Gasteiger partial charge in [0.25, 0.3) is 0 Å². The molecule has 0 spiro atoms. The lowest BCUT2D eigenvalue weighted by molar-refractivity contribution is 0.0975. The normalized spacial score (nSPS) is 25.3. The molecule has 35 heavy (non-hydrogen) atoms. The second-order valence-electron chi connectivity index (χ2n) is 9.73. The molecule has 4 heterocycles. The number of ether oxygens (including phenoxy) is 2. The van der Waals surface area contributed by atoms with E-state index in [1.54, 1.807) is 21.3 Å². The Morgan fingerprint density at radius 1 is 1.06 bits per heavy atom. The monoisotopic (exact) mass is 477 g/mol. The molecule has 4 aliphatic heterocycles. The van der Waals surface area contributed by atoms with E-state index in [1.165, 1.54) is 30.9 Å². The van der Waals surface area contributed by atoms with E-state index >= 15 is 0 Å². The summed E-state index contributed by atoms with van der Waals surface area (Å²) in [6.07, 6.45) is 3.21. The molecule has 4 aliphatic rings. The quantitative estimate of drug-likeness (QED) is 0.689. The number of nitrogens with zero attached hydrogens (tertiary/aromatic N) is 3. The Bertz CT molecular complexity index is 1110. The topological polar surface area (TPSA) is 78.4 Å². The van der Waals surface area contributed by atoms with Crippen molar-refractivity contribution in [2.75, 3.05) is 46.2 Å². The van der Waals surface area contributed by atoms with Crippen LogP contribution in [0.5, 0.6) is 11.5 Å². The molecule has 2 amide bonds. The molecule has 2 atom stereocenters. The third-order valence-corrected chi connectivity index (χ3v) is 7.59. The van der Waals surface area contributed by atoms with E-state index in [9.17, 15) is 4.79 Å². The largest absolute Gasteiger partial charge is 0.493 e. The van der Waals surface area contributed by atoms with Gasteiger partial charge in [0.05, 0.1) is 26.0 Å². The summed E-state index contributed by atoms with van der Waals surface area (Å²) in [6, 6.07) is 12.5. The van der Waals surface area contributed by atoms with Crippen LogP contribution < -0.4 is 20.1 Å². The van der Waals surface area contributed by atoms with Gasteiger partial charge in [-0.2, -0.15) is 5.10 Å². The van der Waals surface area contributed by atoms with E-state index in [4.69, 9.17) is 14.6 Å². The highest BCUT2D eigenvalue weighted by molar-refractivity contribution is 6.14. The smallest absolute Gasteiger partial charge is 0.337 e. The van der Waals surface area contributed by atoms with Gasteiger partial charge in [-0.15, -0.1) is 0 Å². The van der Waals surface area contributed by atoms with E-state index in [0.29, 0.717) is 24.0 Å². The highest BCUT2D eigenvalue weighted by Gasteiger charge is 2.34. The Balaban J connectivity index is 1.50. The maximum atomic E-state index is 12.7. The van der Waals surface area contributed by atoms with E-state index in [2.05, 4.69) is 39.8 Å². The zero-order valence-corrected chi connectivity index (χ0v) is 21.0. The second-order valence-corrected chi connectivity index (χ2v) is 9.73. The van der Waals surface area contributed by atoms with Crippen LogP contribution in [0.1, 0.15) is 36.5 Å². The summed E-state index contributed by atoms with van der Waals surface area (Å²) < 4.78 is 11.1. The maximum Gasteiger partial charge on any atom is 0.337 e. The van der Waals surface area contributed by atoms with Crippen molar-refractivity contribution in [3.8, 4) is 11.5 Å². The predicted molar refractivity (Wildman–Crippen MR) is 138 cm³/mol. The standard InChI is InChI=1S/C27H35N5O3/c1-17-13-20-14-24(34-3)25(35-4)15-22(20)26(30-32(17)27(33)28-2)19-5-7-21(8-6-19)29-23-16-31-11-9-18(23)10-12-31/h5-8,14-15,17-18,23,29H,9-13,16H2,1-4H3,(H,28,33)/t17-,23?/m0/s1. The number of hydrogen-bond donors (Lipinski definition) is 2. The number of piperidine rings is 3. The fourth-order valence-electron chi connectivity index (χ4n) is 5.62. The number of hydrogen-bond acceptors (Lipinski definition) is 6. The Morgan fingerprint density at radius 3 is 2.34 bits per heavy atom. The van der Waals surface area contributed by atoms with E-state index in [0.717, 1.165) is 40.6 Å². The van der Waals surface area contributed by atoms with Crippen LogP contribution in [-0.2, 0) is 6.42 Å². The molecule has 3 saturated heterocycles. The number of carbonyl (C=O) groups is 1. The van der Waals surface area contributed by atoms with Gasteiger partial charge in [-0.05, 0) is 75.0 Å². The minimum atomic E-state index is -0.234. The lowest BCUT2D eigenvalue weighted by Crippen LogP contribution is -2.53. The predicted octanol–water partition coefficient (Wildman–Crippen LogP) is 3.55. The molecular formula is C27H35N5O3. The van der Waals surface area contributed by atoms with Crippen LogP contribution in [0.15, 0.2) is 41.5 Å². The lowest BCUT2D eigenvalue weighted by atomic mass is 9.84. The number of nitrogens with one attached hydrogen (secondary N) is 2. The second kappa shape index (κ2) is 9.77. The Hall–Kier alpha value is -3.26. The summed E-state index contributed by atoms with van der Waals surface area (Å²) in [4.78, 5) is 15.2. The van der Waals surface area contributed by atoms with Crippen LogP contribution in [-0.4, -0.2) is 74.6 Å². The molecule has 0 radical (unpaired) electrons. The maximum absolute atomic E-state index is 12.7. The summed E-state index contributed by atoms with van der Waals surface area (Å²) in [7, 11) is 4.90. The van der Waals surface area contributed by atoms with Crippen molar-refractivity contribution in [3.05, 3.63) is 53.1 Å². The first-order valence-electron chi connectivity index (χ1n) is 12.4. The Labute approximate surface area is 207 Å². The van der Waals surface area contributed by atoms with Gasteiger partial charge in [0.1, 0.15) is 0 Å². The van der Waals surface area contributed by atoms with Crippen molar-refractivity contribution < 1.29 is 14.3 Å². The zero-order chi connectivity index (χ0) is 24.5. The van der Waals surface area contributed by atoms with Crippen LogP contribution >= 0.6 is 0 Å². The van der Waals surface area contributed by atoms with Crippen molar-refractivity contribution in [1.29, 1.82) is 0 Å². The van der Waals surface area contributed by atoms with Gasteiger partial charge < -0.3 is 25.0 Å². The van der Waals surface area contributed by atoms with Gasteiger partial charge in [-0.25, -0.2) is 9.80 Å². The van der Waals surface area contributed by atoms with Gasteiger partial charge >= 0.3 is 6.03 Å². The third kappa shape index (κ3) is 4.55. The Kier molecular flexibility index (Phi) is 6.56. The van der Waals surface area contributed by atoms with Gasteiger partial charge in [-0.3, -0.25) is 0 Å². The Morgan fingerprint density at radius 2 is 1.74 bits per heavy atom. The summed E-state index contributed by atoms with van der Waals surface area (Å²) in [5.41, 5.74) is 4.81. The first-order valence-corrected chi connectivity index (χ1v) is 12.4. The van der Waals surface area contributed by atoms with Gasteiger partial charge in [0.15, 0.2) is 11.5 Å². The minimum absolute atomic E-state index is 0.123. The number of amides is 2. The molecular weight excluding hydrogens is 442 g/mol. The van der Waals surface area contributed by atoms with Gasteiger partial charge in [0, 0.05) is 36.4 Å². The van der Waals surface area contributed by atoms with Crippen molar-refractivity contribution in [1.82, 2.24) is 15.2 Å². The number of hydrazone groups is 1. The molecule has 0 aromatic heterocycles. The van der Waals surface area contributed by atoms with Crippen molar-refractivity contribution in [3.63, 3.8) is 0 Å². The minimum Gasteiger partial charge on any atom is -0.493 e.